The van der Waals surface area contributed by atoms with Gasteiger partial charge in [-0.15, -0.1) is 0 Å². The van der Waals surface area contributed by atoms with Crippen LogP contribution in [0.5, 0.6) is 0 Å². The molecule has 1 aliphatic rings. The number of fused-ring (bicyclic) bond motifs is 1. The van der Waals surface area contributed by atoms with Gasteiger partial charge in [-0.3, -0.25) is 24.0 Å². The fourth-order valence-electron chi connectivity index (χ4n) is 3.91. The van der Waals surface area contributed by atoms with E-state index < -0.39 is 0 Å². The minimum Gasteiger partial charge on any atom is -0.323 e. The number of hydrogen-bond donors (Lipinski definition) is 1. The summed E-state index contributed by atoms with van der Waals surface area (Å²) >= 11 is 0. The van der Waals surface area contributed by atoms with Gasteiger partial charge in [0.2, 0.25) is 5.91 Å². The molecule has 0 spiro atoms. The first-order valence-electron chi connectivity index (χ1n) is 10.8. The second kappa shape index (κ2) is 9.60. The van der Waals surface area contributed by atoms with E-state index in [2.05, 4.69) is 35.5 Å². The van der Waals surface area contributed by atoms with Gasteiger partial charge in [-0.25, -0.2) is 0 Å². The van der Waals surface area contributed by atoms with Crippen molar-refractivity contribution in [1.29, 1.82) is 0 Å². The SMILES string of the molecule is Cc1cccc(Cn2cc(NC(=O)CCCCCN3C(=O)c4ccccc4C3=O)cn2)c1. The van der Waals surface area contributed by atoms with Crippen molar-refractivity contribution in [2.75, 3.05) is 11.9 Å². The predicted molar refractivity (Wildman–Crippen MR) is 121 cm³/mol. The van der Waals surface area contributed by atoms with Gasteiger partial charge >= 0.3 is 0 Å². The van der Waals surface area contributed by atoms with Crippen molar-refractivity contribution in [2.45, 2.75) is 39.2 Å². The van der Waals surface area contributed by atoms with Crippen LogP contribution in [0, 0.1) is 6.92 Å². The first kappa shape index (κ1) is 21.5. The van der Waals surface area contributed by atoms with E-state index in [4.69, 9.17) is 0 Å². The zero-order chi connectivity index (χ0) is 22.5. The van der Waals surface area contributed by atoms with E-state index in [-0.39, 0.29) is 17.7 Å². The Hall–Kier alpha value is -3.74. The van der Waals surface area contributed by atoms with Crippen LogP contribution in [0.3, 0.4) is 0 Å². The van der Waals surface area contributed by atoms with Crippen LogP contribution in [-0.4, -0.2) is 38.9 Å². The van der Waals surface area contributed by atoms with Crippen LogP contribution in [0.2, 0.25) is 0 Å². The highest BCUT2D eigenvalue weighted by molar-refractivity contribution is 6.21. The molecule has 2 heterocycles. The number of nitrogens with zero attached hydrogens (tertiary/aromatic N) is 3. The van der Waals surface area contributed by atoms with Crippen LogP contribution in [-0.2, 0) is 11.3 Å². The Kier molecular flexibility index (Phi) is 6.44. The first-order chi connectivity index (χ1) is 15.5. The van der Waals surface area contributed by atoms with Crippen LogP contribution >= 0.6 is 0 Å². The molecule has 0 bridgehead atoms. The zero-order valence-corrected chi connectivity index (χ0v) is 18.1. The number of imide groups is 1. The Morgan fingerprint density at radius 1 is 0.969 bits per heavy atom. The van der Waals surface area contributed by atoms with Gasteiger partial charge in [0.05, 0.1) is 29.6 Å². The van der Waals surface area contributed by atoms with E-state index in [0.717, 1.165) is 12.0 Å². The number of rotatable bonds is 9. The molecule has 2 aromatic carbocycles. The number of aromatic nitrogens is 2. The third kappa shape index (κ3) is 4.94. The summed E-state index contributed by atoms with van der Waals surface area (Å²) in [7, 11) is 0. The average Bonchev–Trinajstić information content (AvgIpc) is 3.31. The summed E-state index contributed by atoms with van der Waals surface area (Å²) in [4.78, 5) is 38.2. The van der Waals surface area contributed by atoms with E-state index in [1.54, 1.807) is 35.1 Å². The van der Waals surface area contributed by atoms with Crippen molar-refractivity contribution in [2.24, 2.45) is 0 Å². The highest BCUT2D eigenvalue weighted by Crippen LogP contribution is 2.22. The van der Waals surface area contributed by atoms with Crippen molar-refractivity contribution in [3.05, 3.63) is 83.2 Å². The maximum Gasteiger partial charge on any atom is 0.261 e. The summed E-state index contributed by atoms with van der Waals surface area (Å²) in [6.45, 7) is 3.08. The van der Waals surface area contributed by atoms with Gasteiger partial charge in [-0.2, -0.15) is 5.10 Å². The van der Waals surface area contributed by atoms with E-state index in [0.29, 0.717) is 49.2 Å². The van der Waals surface area contributed by atoms with Crippen LogP contribution in [0.25, 0.3) is 0 Å². The lowest BCUT2D eigenvalue weighted by atomic mass is 10.1. The molecule has 0 unspecified atom stereocenters. The van der Waals surface area contributed by atoms with Crippen molar-refractivity contribution in [3.63, 3.8) is 0 Å². The molecule has 32 heavy (non-hydrogen) atoms. The zero-order valence-electron chi connectivity index (χ0n) is 18.1. The molecule has 1 aromatic heterocycles. The monoisotopic (exact) mass is 430 g/mol. The molecule has 164 valence electrons. The van der Waals surface area contributed by atoms with Crippen molar-refractivity contribution in [3.8, 4) is 0 Å². The fraction of sp³-hybridized carbons (Fsp3) is 0.280. The Labute approximate surface area is 187 Å². The van der Waals surface area contributed by atoms with Crippen LogP contribution in [0.4, 0.5) is 5.69 Å². The molecular weight excluding hydrogens is 404 g/mol. The number of carbonyl (C=O) groups excluding carboxylic acids is 3. The van der Waals surface area contributed by atoms with E-state index >= 15 is 0 Å². The molecule has 0 aliphatic carbocycles. The molecule has 1 aliphatic heterocycles. The minimum absolute atomic E-state index is 0.0687. The molecule has 1 N–H and O–H groups in total. The van der Waals surface area contributed by atoms with Crippen LogP contribution in [0.15, 0.2) is 60.9 Å². The molecule has 7 nitrogen and oxygen atoms in total. The minimum atomic E-state index is -0.231. The smallest absolute Gasteiger partial charge is 0.261 e. The Bertz CT molecular complexity index is 1120. The van der Waals surface area contributed by atoms with Gasteiger partial charge in [0.25, 0.3) is 11.8 Å². The summed E-state index contributed by atoms with van der Waals surface area (Å²) in [5.41, 5.74) is 3.98. The maximum atomic E-state index is 12.3. The second-order valence-corrected chi connectivity index (χ2v) is 8.08. The van der Waals surface area contributed by atoms with Gasteiger partial charge in [0, 0.05) is 19.2 Å². The second-order valence-electron chi connectivity index (χ2n) is 8.08. The van der Waals surface area contributed by atoms with Crippen molar-refractivity contribution >= 4 is 23.4 Å². The maximum absolute atomic E-state index is 12.3. The number of amides is 3. The number of hydrogen-bond acceptors (Lipinski definition) is 4. The average molecular weight is 431 g/mol. The molecule has 0 saturated heterocycles. The lowest BCUT2D eigenvalue weighted by molar-refractivity contribution is -0.116. The van der Waals surface area contributed by atoms with Crippen molar-refractivity contribution in [1.82, 2.24) is 14.7 Å². The van der Waals surface area contributed by atoms with Gasteiger partial charge in [0.15, 0.2) is 0 Å². The molecule has 4 rings (SSSR count). The largest absolute Gasteiger partial charge is 0.323 e. The first-order valence-corrected chi connectivity index (χ1v) is 10.8. The van der Waals surface area contributed by atoms with Gasteiger partial charge in [-0.1, -0.05) is 48.4 Å². The number of unbranched alkanes of at least 4 members (excludes halogenated alkanes) is 2. The quantitative estimate of drug-likeness (QED) is 0.410. The Morgan fingerprint density at radius 2 is 1.72 bits per heavy atom. The third-order valence-electron chi connectivity index (χ3n) is 5.51. The number of carbonyl (C=O) groups is 3. The van der Waals surface area contributed by atoms with Gasteiger partial charge < -0.3 is 5.32 Å². The third-order valence-corrected chi connectivity index (χ3v) is 5.51. The Balaban J connectivity index is 1.17. The topological polar surface area (TPSA) is 84.3 Å². The highest BCUT2D eigenvalue weighted by Gasteiger charge is 2.34. The molecule has 0 radical (unpaired) electrons. The van der Waals surface area contributed by atoms with Gasteiger partial charge in [-0.05, 0) is 37.5 Å². The number of anilines is 1. The fourth-order valence-corrected chi connectivity index (χ4v) is 3.91. The molecule has 3 aromatic rings. The normalized spacial score (nSPS) is 12.8. The summed E-state index contributed by atoms with van der Waals surface area (Å²) in [5.74, 6) is -0.530. The lowest BCUT2D eigenvalue weighted by Gasteiger charge is -2.13. The molecule has 0 saturated carbocycles. The molecule has 3 amide bonds. The van der Waals surface area contributed by atoms with E-state index in [1.165, 1.54) is 10.5 Å². The van der Waals surface area contributed by atoms with E-state index in [1.807, 2.05) is 12.3 Å². The number of nitrogens with one attached hydrogen (secondary N) is 1. The molecule has 0 atom stereocenters. The summed E-state index contributed by atoms with van der Waals surface area (Å²) in [5, 5.41) is 7.19. The summed E-state index contributed by atoms with van der Waals surface area (Å²) in [6.07, 6.45) is 5.97. The standard InChI is InChI=1S/C25H26N4O3/c1-18-8-7-9-19(14-18)16-28-17-20(15-26-28)27-23(30)12-3-2-6-13-29-24(31)21-10-4-5-11-22(21)25(29)32/h4-5,7-11,14-15,17H,2-3,6,12-13,16H2,1H3,(H,27,30). The van der Waals surface area contributed by atoms with E-state index in [9.17, 15) is 14.4 Å². The molecule has 0 fully saturated rings. The highest BCUT2D eigenvalue weighted by atomic mass is 16.2. The summed E-state index contributed by atoms with van der Waals surface area (Å²) in [6, 6.07) is 15.1. The number of benzene rings is 2. The van der Waals surface area contributed by atoms with Crippen LogP contribution in [0.1, 0.15) is 57.5 Å². The summed E-state index contributed by atoms with van der Waals surface area (Å²) < 4.78 is 1.80. The molecule has 7 heteroatoms. The lowest BCUT2D eigenvalue weighted by Crippen LogP contribution is -2.30. The van der Waals surface area contributed by atoms with Crippen molar-refractivity contribution < 1.29 is 14.4 Å². The van der Waals surface area contributed by atoms with Gasteiger partial charge in [0.1, 0.15) is 0 Å². The molecular formula is C25H26N4O3. The number of aryl methyl sites for hydroxylation is 1. The van der Waals surface area contributed by atoms with Crippen LogP contribution < -0.4 is 5.32 Å². The Morgan fingerprint density at radius 3 is 2.44 bits per heavy atom. The predicted octanol–water partition coefficient (Wildman–Crippen LogP) is 4.03.